The molecule has 18 heavy (non-hydrogen) atoms. The third-order valence-electron chi connectivity index (χ3n) is 2.51. The molecule has 1 rings (SSSR count). The van der Waals surface area contributed by atoms with E-state index in [-0.39, 0.29) is 5.92 Å². The van der Waals surface area contributed by atoms with E-state index in [0.29, 0.717) is 13.1 Å². The smallest absolute Gasteiger partial charge is 0.407 e. The standard InChI is InChI=1S/C13H22N2O3/c1-9-11(5-6-17-9)10(7-14)8-15-12(16)18-13(2,3)4/h5-6,10H,7-8,14H2,1-4H3,(H,15,16). The molecule has 1 aromatic rings. The number of alkyl carbamates (subject to hydrolysis) is 1. The van der Waals surface area contributed by atoms with Crippen molar-refractivity contribution < 1.29 is 13.9 Å². The van der Waals surface area contributed by atoms with Crippen molar-refractivity contribution in [2.75, 3.05) is 13.1 Å². The van der Waals surface area contributed by atoms with Crippen molar-refractivity contribution >= 4 is 6.09 Å². The summed E-state index contributed by atoms with van der Waals surface area (Å²) in [5.41, 5.74) is 6.24. The zero-order chi connectivity index (χ0) is 13.8. The first-order chi connectivity index (χ1) is 8.33. The van der Waals surface area contributed by atoms with Gasteiger partial charge in [0.15, 0.2) is 0 Å². The second-order valence-electron chi connectivity index (χ2n) is 5.25. The molecule has 0 spiro atoms. The van der Waals surface area contributed by atoms with Crippen LogP contribution in [0.15, 0.2) is 16.7 Å². The van der Waals surface area contributed by atoms with E-state index in [2.05, 4.69) is 5.32 Å². The lowest BCUT2D eigenvalue weighted by Crippen LogP contribution is -2.36. The minimum atomic E-state index is -0.492. The fourth-order valence-electron chi connectivity index (χ4n) is 1.66. The first-order valence-corrected chi connectivity index (χ1v) is 6.04. The van der Waals surface area contributed by atoms with Crippen LogP contribution in [-0.2, 0) is 4.74 Å². The molecule has 0 fully saturated rings. The summed E-state index contributed by atoms with van der Waals surface area (Å²) < 4.78 is 10.4. The third-order valence-corrected chi connectivity index (χ3v) is 2.51. The molecule has 0 radical (unpaired) electrons. The summed E-state index contributed by atoms with van der Waals surface area (Å²) >= 11 is 0. The summed E-state index contributed by atoms with van der Waals surface area (Å²) in [6, 6.07) is 1.88. The Balaban J connectivity index is 2.51. The van der Waals surface area contributed by atoms with Gasteiger partial charge in [-0.25, -0.2) is 4.79 Å². The van der Waals surface area contributed by atoms with Gasteiger partial charge in [0, 0.05) is 19.0 Å². The molecule has 0 bridgehead atoms. The van der Waals surface area contributed by atoms with E-state index < -0.39 is 11.7 Å². The molecule has 0 aliphatic heterocycles. The van der Waals surface area contributed by atoms with Gasteiger partial charge in [0.1, 0.15) is 11.4 Å². The average Bonchev–Trinajstić information content (AvgIpc) is 2.63. The summed E-state index contributed by atoms with van der Waals surface area (Å²) in [6.45, 7) is 8.24. The zero-order valence-electron chi connectivity index (χ0n) is 11.4. The van der Waals surface area contributed by atoms with Crippen LogP contribution >= 0.6 is 0 Å². The van der Waals surface area contributed by atoms with Gasteiger partial charge in [0.25, 0.3) is 0 Å². The number of amides is 1. The molecule has 0 aliphatic rings. The van der Waals surface area contributed by atoms with Crippen LogP contribution in [0.4, 0.5) is 4.79 Å². The van der Waals surface area contributed by atoms with Crippen molar-refractivity contribution in [2.24, 2.45) is 5.73 Å². The quantitative estimate of drug-likeness (QED) is 0.863. The molecule has 0 aromatic carbocycles. The van der Waals surface area contributed by atoms with Crippen LogP contribution in [0, 0.1) is 6.92 Å². The van der Waals surface area contributed by atoms with Crippen molar-refractivity contribution in [1.82, 2.24) is 5.32 Å². The molecule has 1 heterocycles. The molecule has 1 atom stereocenters. The highest BCUT2D eigenvalue weighted by molar-refractivity contribution is 5.67. The van der Waals surface area contributed by atoms with Crippen LogP contribution in [0.1, 0.15) is 38.0 Å². The van der Waals surface area contributed by atoms with Gasteiger partial charge in [-0.05, 0) is 39.3 Å². The van der Waals surface area contributed by atoms with E-state index in [0.717, 1.165) is 11.3 Å². The average molecular weight is 254 g/mol. The molecule has 5 nitrogen and oxygen atoms in total. The van der Waals surface area contributed by atoms with Gasteiger partial charge in [-0.2, -0.15) is 0 Å². The Labute approximate surface area is 108 Å². The van der Waals surface area contributed by atoms with E-state index in [9.17, 15) is 4.79 Å². The minimum Gasteiger partial charge on any atom is -0.469 e. The van der Waals surface area contributed by atoms with E-state index in [4.69, 9.17) is 14.9 Å². The Hall–Kier alpha value is -1.49. The Morgan fingerprint density at radius 1 is 1.56 bits per heavy atom. The SMILES string of the molecule is Cc1occc1C(CN)CNC(=O)OC(C)(C)C. The molecular formula is C13H22N2O3. The maximum absolute atomic E-state index is 11.5. The van der Waals surface area contributed by atoms with E-state index in [1.807, 2.05) is 33.8 Å². The molecule has 0 aliphatic carbocycles. The zero-order valence-corrected chi connectivity index (χ0v) is 11.4. The van der Waals surface area contributed by atoms with Crippen molar-refractivity contribution in [3.63, 3.8) is 0 Å². The number of furan rings is 1. The largest absolute Gasteiger partial charge is 0.469 e. The molecular weight excluding hydrogens is 232 g/mol. The maximum atomic E-state index is 11.5. The summed E-state index contributed by atoms with van der Waals surface area (Å²) in [4.78, 5) is 11.5. The number of hydrogen-bond donors (Lipinski definition) is 2. The first kappa shape index (κ1) is 14.6. The van der Waals surface area contributed by atoms with Crippen molar-refractivity contribution in [2.45, 2.75) is 39.2 Å². The lowest BCUT2D eigenvalue weighted by molar-refractivity contribution is 0.0524. The lowest BCUT2D eigenvalue weighted by atomic mass is 10.0. The van der Waals surface area contributed by atoms with Crippen molar-refractivity contribution in [3.05, 3.63) is 23.7 Å². The predicted molar refractivity (Wildman–Crippen MR) is 69.5 cm³/mol. The van der Waals surface area contributed by atoms with Crippen LogP contribution in [0.25, 0.3) is 0 Å². The number of carbonyl (C=O) groups excluding carboxylic acids is 1. The Morgan fingerprint density at radius 2 is 2.22 bits per heavy atom. The Morgan fingerprint density at radius 3 is 2.67 bits per heavy atom. The van der Waals surface area contributed by atoms with Gasteiger partial charge in [0.2, 0.25) is 0 Å². The molecule has 1 aromatic heterocycles. The number of rotatable bonds is 4. The maximum Gasteiger partial charge on any atom is 0.407 e. The highest BCUT2D eigenvalue weighted by Crippen LogP contribution is 2.19. The van der Waals surface area contributed by atoms with Crippen molar-refractivity contribution in [3.8, 4) is 0 Å². The van der Waals surface area contributed by atoms with Gasteiger partial charge in [-0.3, -0.25) is 0 Å². The van der Waals surface area contributed by atoms with E-state index >= 15 is 0 Å². The normalized spacial score (nSPS) is 13.2. The van der Waals surface area contributed by atoms with Crippen LogP contribution in [0.5, 0.6) is 0 Å². The summed E-state index contributed by atoms with van der Waals surface area (Å²) in [7, 11) is 0. The highest BCUT2D eigenvalue weighted by atomic mass is 16.6. The summed E-state index contributed by atoms with van der Waals surface area (Å²) in [5.74, 6) is 0.868. The second-order valence-corrected chi connectivity index (χ2v) is 5.25. The molecule has 102 valence electrons. The molecule has 1 unspecified atom stereocenters. The number of carbonyl (C=O) groups is 1. The van der Waals surface area contributed by atoms with Gasteiger partial charge < -0.3 is 20.2 Å². The van der Waals surface area contributed by atoms with Gasteiger partial charge >= 0.3 is 6.09 Å². The highest BCUT2D eigenvalue weighted by Gasteiger charge is 2.19. The van der Waals surface area contributed by atoms with Crippen LogP contribution in [0.3, 0.4) is 0 Å². The molecule has 0 saturated carbocycles. The van der Waals surface area contributed by atoms with Crippen LogP contribution in [0.2, 0.25) is 0 Å². The van der Waals surface area contributed by atoms with Gasteiger partial charge in [-0.1, -0.05) is 0 Å². The van der Waals surface area contributed by atoms with Crippen LogP contribution in [-0.4, -0.2) is 24.8 Å². The van der Waals surface area contributed by atoms with Crippen molar-refractivity contribution in [1.29, 1.82) is 0 Å². The summed E-state index contributed by atoms with van der Waals surface area (Å²) in [6.07, 6.45) is 1.20. The van der Waals surface area contributed by atoms with Gasteiger partial charge in [0.05, 0.1) is 6.26 Å². The Bertz CT molecular complexity index is 393. The predicted octanol–water partition coefficient (Wildman–Crippen LogP) is 2.16. The van der Waals surface area contributed by atoms with Crippen LogP contribution < -0.4 is 11.1 Å². The minimum absolute atomic E-state index is 0.0382. The third kappa shape index (κ3) is 4.41. The topological polar surface area (TPSA) is 77.5 Å². The fraction of sp³-hybridized carbons (Fsp3) is 0.615. The second kappa shape index (κ2) is 5.91. The molecule has 1 amide bonds. The van der Waals surface area contributed by atoms with Gasteiger partial charge in [-0.15, -0.1) is 0 Å². The summed E-state index contributed by atoms with van der Waals surface area (Å²) in [5, 5.41) is 2.72. The molecule has 3 N–H and O–H groups in total. The Kier molecular flexibility index (Phi) is 4.78. The van der Waals surface area contributed by atoms with E-state index in [1.54, 1.807) is 6.26 Å². The fourth-order valence-corrected chi connectivity index (χ4v) is 1.66. The number of hydrogen-bond acceptors (Lipinski definition) is 4. The lowest BCUT2D eigenvalue weighted by Gasteiger charge is -2.21. The first-order valence-electron chi connectivity index (χ1n) is 6.04. The van der Waals surface area contributed by atoms with E-state index in [1.165, 1.54) is 0 Å². The number of ether oxygens (including phenoxy) is 1. The molecule has 0 saturated heterocycles. The molecule has 5 heteroatoms. The monoisotopic (exact) mass is 254 g/mol. The number of aryl methyl sites for hydroxylation is 1. The number of nitrogens with one attached hydrogen (secondary N) is 1. The number of nitrogens with two attached hydrogens (primary N) is 1.